The minimum Gasteiger partial charge on any atom is -0.469 e. The second-order valence-corrected chi connectivity index (χ2v) is 6.22. The smallest absolute Gasteiger partial charge is 0.305 e. The van der Waals surface area contributed by atoms with Crippen LogP contribution in [0.2, 0.25) is 0 Å². The number of nitrogens with zero attached hydrogens (tertiary/aromatic N) is 1. The number of amides is 1. The van der Waals surface area contributed by atoms with Crippen LogP contribution in [0.5, 0.6) is 0 Å². The molecule has 0 fully saturated rings. The first-order valence-electron chi connectivity index (χ1n) is 9.11. The molecule has 0 spiro atoms. The van der Waals surface area contributed by atoms with Crippen LogP contribution in [0, 0.1) is 0 Å². The van der Waals surface area contributed by atoms with Gasteiger partial charge in [0.25, 0.3) is 0 Å². The van der Waals surface area contributed by atoms with Crippen LogP contribution in [-0.4, -0.2) is 44.6 Å². The van der Waals surface area contributed by atoms with Crippen LogP contribution in [0.15, 0.2) is 29.3 Å². The second-order valence-electron chi connectivity index (χ2n) is 6.22. The summed E-state index contributed by atoms with van der Waals surface area (Å²) in [7, 11) is 1.40. The van der Waals surface area contributed by atoms with E-state index in [0.717, 1.165) is 43.1 Å². The molecule has 0 bridgehead atoms. The van der Waals surface area contributed by atoms with Gasteiger partial charge in [-0.1, -0.05) is 18.2 Å². The SMILES string of the molecule is CCNC(=NCC1CC(=O)Nc2ccccc21)NCCCCC(=O)OC. The predicted molar refractivity (Wildman–Crippen MR) is 102 cm³/mol. The molecule has 26 heavy (non-hydrogen) atoms. The number of anilines is 1. The van der Waals surface area contributed by atoms with E-state index in [2.05, 4.69) is 25.7 Å². The zero-order valence-electron chi connectivity index (χ0n) is 15.5. The Balaban J connectivity index is 1.88. The van der Waals surface area contributed by atoms with Crippen molar-refractivity contribution >= 4 is 23.5 Å². The molecule has 1 atom stereocenters. The van der Waals surface area contributed by atoms with E-state index in [1.165, 1.54) is 7.11 Å². The molecule has 0 saturated heterocycles. The summed E-state index contributed by atoms with van der Waals surface area (Å²) in [6.07, 6.45) is 2.50. The molecule has 0 aliphatic carbocycles. The van der Waals surface area contributed by atoms with Crippen LogP contribution in [0.1, 0.15) is 44.1 Å². The molecule has 1 unspecified atom stereocenters. The van der Waals surface area contributed by atoms with Crippen molar-refractivity contribution in [3.63, 3.8) is 0 Å². The van der Waals surface area contributed by atoms with Crippen molar-refractivity contribution in [3.8, 4) is 0 Å². The van der Waals surface area contributed by atoms with Crippen molar-refractivity contribution in [1.29, 1.82) is 0 Å². The van der Waals surface area contributed by atoms with Gasteiger partial charge < -0.3 is 20.7 Å². The number of methoxy groups -OCH3 is 1. The van der Waals surface area contributed by atoms with E-state index in [9.17, 15) is 9.59 Å². The van der Waals surface area contributed by atoms with Crippen molar-refractivity contribution in [2.45, 2.75) is 38.5 Å². The fourth-order valence-electron chi connectivity index (χ4n) is 2.91. The molecule has 0 saturated carbocycles. The molecule has 7 heteroatoms. The van der Waals surface area contributed by atoms with Gasteiger partial charge in [-0.2, -0.15) is 0 Å². The normalized spacial score (nSPS) is 16.5. The van der Waals surface area contributed by atoms with Gasteiger partial charge in [-0.25, -0.2) is 0 Å². The van der Waals surface area contributed by atoms with Gasteiger partial charge in [0.1, 0.15) is 0 Å². The van der Waals surface area contributed by atoms with Crippen LogP contribution < -0.4 is 16.0 Å². The summed E-state index contributed by atoms with van der Waals surface area (Å²) in [6, 6.07) is 7.87. The number of unbranched alkanes of at least 4 members (excludes halogenated alkanes) is 1. The molecular weight excluding hydrogens is 332 g/mol. The molecule has 0 radical (unpaired) electrons. The van der Waals surface area contributed by atoms with Crippen LogP contribution in [0.4, 0.5) is 5.69 Å². The fourth-order valence-corrected chi connectivity index (χ4v) is 2.91. The number of hydrogen-bond acceptors (Lipinski definition) is 4. The number of esters is 1. The Morgan fingerprint density at radius 2 is 2.12 bits per heavy atom. The van der Waals surface area contributed by atoms with E-state index in [1.807, 2.05) is 31.2 Å². The molecule has 1 heterocycles. The highest BCUT2D eigenvalue weighted by Gasteiger charge is 2.24. The van der Waals surface area contributed by atoms with E-state index in [1.54, 1.807) is 0 Å². The number of aliphatic imine (C=N–C) groups is 1. The minimum atomic E-state index is -0.181. The van der Waals surface area contributed by atoms with E-state index < -0.39 is 0 Å². The van der Waals surface area contributed by atoms with Gasteiger partial charge in [0, 0.05) is 37.5 Å². The summed E-state index contributed by atoms with van der Waals surface area (Å²) in [4.78, 5) is 27.6. The Morgan fingerprint density at radius 1 is 1.31 bits per heavy atom. The minimum absolute atomic E-state index is 0.0321. The number of nitrogens with one attached hydrogen (secondary N) is 3. The summed E-state index contributed by atoms with van der Waals surface area (Å²) in [5, 5.41) is 9.40. The average molecular weight is 360 g/mol. The van der Waals surface area contributed by atoms with E-state index in [-0.39, 0.29) is 17.8 Å². The number of carbonyl (C=O) groups excluding carboxylic acids is 2. The number of ether oxygens (including phenoxy) is 1. The molecule has 7 nitrogen and oxygen atoms in total. The lowest BCUT2D eigenvalue weighted by molar-refractivity contribution is -0.140. The molecule has 1 aromatic rings. The molecule has 3 N–H and O–H groups in total. The Kier molecular flexibility index (Phi) is 7.92. The summed E-state index contributed by atoms with van der Waals surface area (Å²) in [6.45, 7) is 4.04. The highest BCUT2D eigenvalue weighted by atomic mass is 16.5. The number of fused-ring (bicyclic) bond motifs is 1. The van der Waals surface area contributed by atoms with Crippen LogP contribution in [0.25, 0.3) is 0 Å². The van der Waals surface area contributed by atoms with E-state index in [4.69, 9.17) is 0 Å². The lowest BCUT2D eigenvalue weighted by atomic mass is 9.91. The first-order valence-corrected chi connectivity index (χ1v) is 9.11. The lowest BCUT2D eigenvalue weighted by Gasteiger charge is -2.24. The standard InChI is InChI=1S/C19H28N4O3/c1-3-20-19(21-11-7-6-10-18(25)26-2)22-13-14-12-17(24)23-16-9-5-4-8-15(14)16/h4-5,8-9,14H,3,6-7,10-13H2,1-2H3,(H,23,24)(H2,20,21,22). The van der Waals surface area contributed by atoms with Gasteiger partial charge >= 0.3 is 5.97 Å². The first kappa shape index (κ1) is 19.8. The number of para-hydroxylation sites is 1. The molecule has 2 rings (SSSR count). The zero-order chi connectivity index (χ0) is 18.8. The van der Waals surface area contributed by atoms with Gasteiger partial charge in [-0.3, -0.25) is 14.6 Å². The number of guanidine groups is 1. The van der Waals surface area contributed by atoms with Gasteiger partial charge in [-0.15, -0.1) is 0 Å². The largest absolute Gasteiger partial charge is 0.469 e. The summed E-state index contributed by atoms with van der Waals surface area (Å²) >= 11 is 0. The van der Waals surface area contributed by atoms with Crippen molar-refractivity contribution < 1.29 is 14.3 Å². The number of benzene rings is 1. The lowest BCUT2D eigenvalue weighted by Crippen LogP contribution is -2.38. The maximum absolute atomic E-state index is 11.9. The third-order valence-electron chi connectivity index (χ3n) is 4.25. The maximum atomic E-state index is 11.9. The maximum Gasteiger partial charge on any atom is 0.305 e. The zero-order valence-corrected chi connectivity index (χ0v) is 15.5. The second kappa shape index (κ2) is 10.4. The highest BCUT2D eigenvalue weighted by molar-refractivity contribution is 5.94. The molecule has 1 aliphatic heterocycles. The van der Waals surface area contributed by atoms with E-state index in [0.29, 0.717) is 19.4 Å². The molecule has 1 aromatic carbocycles. The number of rotatable bonds is 8. The van der Waals surface area contributed by atoms with Gasteiger partial charge in [0.05, 0.1) is 13.7 Å². The quantitative estimate of drug-likeness (QED) is 0.285. The topological polar surface area (TPSA) is 91.8 Å². The van der Waals surface area contributed by atoms with Gasteiger partial charge in [0.2, 0.25) is 5.91 Å². The first-order chi connectivity index (χ1) is 12.6. The summed E-state index contributed by atoms with van der Waals surface area (Å²) in [5.74, 6) is 0.660. The Labute approximate surface area is 154 Å². The van der Waals surface area contributed by atoms with Gasteiger partial charge in [-0.05, 0) is 31.4 Å². The molecule has 142 valence electrons. The van der Waals surface area contributed by atoms with Gasteiger partial charge in [0.15, 0.2) is 5.96 Å². The summed E-state index contributed by atoms with van der Waals surface area (Å²) < 4.78 is 4.63. The Bertz CT molecular complexity index is 645. The molecular formula is C19H28N4O3. The van der Waals surface area contributed by atoms with E-state index >= 15 is 0 Å². The molecule has 1 aliphatic rings. The molecule has 1 amide bonds. The van der Waals surface area contributed by atoms with Crippen molar-refractivity contribution in [3.05, 3.63) is 29.8 Å². The van der Waals surface area contributed by atoms with Crippen LogP contribution in [0.3, 0.4) is 0 Å². The average Bonchev–Trinajstić information content (AvgIpc) is 2.65. The molecule has 0 aromatic heterocycles. The summed E-state index contributed by atoms with van der Waals surface area (Å²) in [5.41, 5.74) is 2.01. The van der Waals surface area contributed by atoms with Crippen molar-refractivity contribution in [1.82, 2.24) is 10.6 Å². The van der Waals surface area contributed by atoms with Crippen LogP contribution >= 0.6 is 0 Å². The van der Waals surface area contributed by atoms with Crippen molar-refractivity contribution in [2.24, 2.45) is 4.99 Å². The number of hydrogen-bond donors (Lipinski definition) is 3. The monoisotopic (exact) mass is 360 g/mol. The fraction of sp³-hybridized carbons (Fsp3) is 0.526. The Hall–Kier alpha value is -2.57. The third-order valence-corrected chi connectivity index (χ3v) is 4.25. The number of carbonyl (C=O) groups is 2. The van der Waals surface area contributed by atoms with Crippen LogP contribution in [-0.2, 0) is 14.3 Å². The van der Waals surface area contributed by atoms with Crippen molar-refractivity contribution in [2.75, 3.05) is 32.1 Å². The Morgan fingerprint density at radius 3 is 2.88 bits per heavy atom. The third kappa shape index (κ3) is 6.06. The predicted octanol–water partition coefficient (Wildman–Crippen LogP) is 2.01. The highest BCUT2D eigenvalue weighted by Crippen LogP contribution is 2.31.